The van der Waals surface area contributed by atoms with E-state index in [-0.39, 0.29) is 5.12 Å². The van der Waals surface area contributed by atoms with Gasteiger partial charge in [0.15, 0.2) is 0 Å². The van der Waals surface area contributed by atoms with Gasteiger partial charge in [0, 0.05) is 31.1 Å². The Bertz CT molecular complexity index is 987. The molecule has 0 unspecified atom stereocenters. The number of rotatable bonds is 5. The Balaban J connectivity index is 2.02. The molecule has 0 bridgehead atoms. The van der Waals surface area contributed by atoms with E-state index in [1.54, 1.807) is 0 Å². The molecular weight excluding hydrogens is 356 g/mol. The molecular formula is C21H26N4OS. The lowest BCUT2D eigenvalue weighted by atomic mass is 10.0. The molecule has 0 radical (unpaired) electrons. The molecule has 0 amide bonds. The third-order valence-electron chi connectivity index (χ3n) is 4.81. The minimum absolute atomic E-state index is 0.0240. The molecule has 1 N–H and O–H groups in total. The summed E-state index contributed by atoms with van der Waals surface area (Å²) in [4.78, 5) is 17.3. The fourth-order valence-electron chi connectivity index (χ4n) is 3.19. The first-order valence-corrected chi connectivity index (χ1v) is 9.71. The summed E-state index contributed by atoms with van der Waals surface area (Å²) in [7, 11) is 5.72. The van der Waals surface area contributed by atoms with E-state index in [1.807, 2.05) is 49.1 Å². The molecule has 1 heterocycles. The Morgan fingerprint density at radius 3 is 2.48 bits per heavy atom. The van der Waals surface area contributed by atoms with E-state index in [2.05, 4.69) is 37.4 Å². The molecule has 6 heteroatoms. The van der Waals surface area contributed by atoms with Crippen molar-refractivity contribution in [2.75, 3.05) is 19.4 Å². The Morgan fingerprint density at radius 2 is 1.85 bits per heavy atom. The number of carbonyl (C=O) groups is 1. The summed E-state index contributed by atoms with van der Waals surface area (Å²) < 4.78 is 3.83. The Hall–Kier alpha value is -2.31. The molecule has 142 valence electrons. The van der Waals surface area contributed by atoms with E-state index < -0.39 is 0 Å². The number of benzene rings is 2. The van der Waals surface area contributed by atoms with Gasteiger partial charge in [0.05, 0.1) is 11.2 Å². The number of hydrogen-bond donors (Lipinski definition) is 1. The highest BCUT2D eigenvalue weighted by Gasteiger charge is 2.16. The first kappa shape index (κ1) is 19.5. The zero-order valence-corrected chi connectivity index (χ0v) is 17.6. The maximum Gasteiger partial charge on any atom is 0.234 e. The van der Waals surface area contributed by atoms with Gasteiger partial charge < -0.3 is 9.88 Å². The summed E-state index contributed by atoms with van der Waals surface area (Å²) in [6.07, 6.45) is 0. The maximum absolute atomic E-state index is 12.6. The Labute approximate surface area is 164 Å². The number of aromatic nitrogens is 2. The van der Waals surface area contributed by atoms with Gasteiger partial charge in [-0.25, -0.2) is 9.29 Å². The minimum Gasteiger partial charge on any atom is -0.379 e. The van der Waals surface area contributed by atoms with Gasteiger partial charge in [0.2, 0.25) is 5.12 Å². The third kappa shape index (κ3) is 4.01. The second kappa shape index (κ2) is 7.74. The summed E-state index contributed by atoms with van der Waals surface area (Å²) in [6.45, 7) is 6.92. The highest BCUT2D eigenvalue weighted by molar-refractivity contribution is 8.12. The van der Waals surface area contributed by atoms with Crippen LogP contribution in [-0.4, -0.2) is 33.1 Å². The van der Waals surface area contributed by atoms with Gasteiger partial charge in [0.25, 0.3) is 0 Å². The quantitative estimate of drug-likeness (QED) is 0.660. The predicted octanol–water partition coefficient (Wildman–Crippen LogP) is 4.46. The number of hydrogen-bond acceptors (Lipinski definition) is 5. The molecule has 2 aromatic carbocycles. The van der Waals surface area contributed by atoms with Crippen molar-refractivity contribution in [1.82, 2.24) is 13.9 Å². The van der Waals surface area contributed by atoms with Crippen LogP contribution in [0.25, 0.3) is 11.0 Å². The highest BCUT2D eigenvalue weighted by Crippen LogP contribution is 2.29. The molecule has 0 spiro atoms. The van der Waals surface area contributed by atoms with Crippen LogP contribution in [0.4, 0.5) is 5.69 Å². The zero-order valence-electron chi connectivity index (χ0n) is 16.8. The molecule has 3 aromatic rings. The molecule has 0 aliphatic heterocycles. The van der Waals surface area contributed by atoms with Gasteiger partial charge in [-0.05, 0) is 63.7 Å². The number of anilines is 1. The van der Waals surface area contributed by atoms with E-state index in [0.29, 0.717) is 12.1 Å². The van der Waals surface area contributed by atoms with Crippen molar-refractivity contribution >= 4 is 33.8 Å². The summed E-state index contributed by atoms with van der Waals surface area (Å²) in [5.74, 6) is 0.921. The first-order valence-electron chi connectivity index (χ1n) is 8.93. The standard InChI is InChI=1S/C21H26N4OS/c1-13-8-7-9-14(2)17(13)12-22-18-10-16(21(26)27-24(4)5)11-19-20(18)23-15(3)25(19)6/h7-11,22H,12H2,1-6H3. The van der Waals surface area contributed by atoms with E-state index >= 15 is 0 Å². The van der Waals surface area contributed by atoms with Crippen LogP contribution in [0, 0.1) is 20.8 Å². The monoisotopic (exact) mass is 382 g/mol. The van der Waals surface area contributed by atoms with Crippen LogP contribution in [0.1, 0.15) is 32.9 Å². The van der Waals surface area contributed by atoms with Crippen LogP contribution < -0.4 is 5.32 Å². The largest absolute Gasteiger partial charge is 0.379 e. The number of carbonyl (C=O) groups excluding carboxylic acids is 1. The van der Waals surface area contributed by atoms with Crippen molar-refractivity contribution in [2.24, 2.45) is 7.05 Å². The topological polar surface area (TPSA) is 50.2 Å². The van der Waals surface area contributed by atoms with Crippen LogP contribution in [0.15, 0.2) is 30.3 Å². The second-order valence-corrected chi connectivity index (χ2v) is 8.31. The van der Waals surface area contributed by atoms with Crippen LogP contribution in [-0.2, 0) is 13.6 Å². The zero-order chi connectivity index (χ0) is 19.7. The highest BCUT2D eigenvalue weighted by atomic mass is 32.2. The average Bonchev–Trinajstić information content (AvgIpc) is 2.88. The Kier molecular flexibility index (Phi) is 5.58. The molecule has 0 saturated heterocycles. The molecule has 0 saturated carbocycles. The number of nitrogens with one attached hydrogen (secondary N) is 1. The van der Waals surface area contributed by atoms with Gasteiger partial charge in [-0.3, -0.25) is 4.79 Å². The summed E-state index contributed by atoms with van der Waals surface area (Å²) >= 11 is 1.19. The van der Waals surface area contributed by atoms with E-state index in [0.717, 1.165) is 22.5 Å². The van der Waals surface area contributed by atoms with Gasteiger partial charge in [-0.2, -0.15) is 0 Å². The lowest BCUT2D eigenvalue weighted by Gasteiger charge is -2.14. The lowest BCUT2D eigenvalue weighted by Crippen LogP contribution is -2.08. The maximum atomic E-state index is 12.6. The number of aryl methyl sites for hydroxylation is 4. The van der Waals surface area contributed by atoms with Gasteiger partial charge in [-0.1, -0.05) is 18.2 Å². The van der Waals surface area contributed by atoms with Gasteiger partial charge >= 0.3 is 0 Å². The normalized spacial score (nSPS) is 11.4. The minimum atomic E-state index is 0.0240. The average molecular weight is 383 g/mol. The van der Waals surface area contributed by atoms with E-state index in [1.165, 1.54) is 28.6 Å². The van der Waals surface area contributed by atoms with Crippen molar-refractivity contribution in [3.8, 4) is 0 Å². The van der Waals surface area contributed by atoms with Crippen molar-refractivity contribution in [3.63, 3.8) is 0 Å². The first-order chi connectivity index (χ1) is 12.8. The number of fused-ring (bicyclic) bond motifs is 1. The molecule has 0 aliphatic carbocycles. The van der Waals surface area contributed by atoms with Crippen LogP contribution in [0.5, 0.6) is 0 Å². The predicted molar refractivity (Wildman–Crippen MR) is 114 cm³/mol. The van der Waals surface area contributed by atoms with Crippen molar-refractivity contribution in [1.29, 1.82) is 0 Å². The number of nitrogens with zero attached hydrogens (tertiary/aromatic N) is 3. The summed E-state index contributed by atoms with van der Waals surface area (Å²) in [6, 6.07) is 10.2. The van der Waals surface area contributed by atoms with Crippen LogP contribution >= 0.6 is 11.9 Å². The van der Waals surface area contributed by atoms with E-state index in [4.69, 9.17) is 4.98 Å². The van der Waals surface area contributed by atoms with Crippen molar-refractivity contribution < 1.29 is 4.79 Å². The molecule has 0 aliphatic rings. The van der Waals surface area contributed by atoms with Crippen LogP contribution in [0.3, 0.4) is 0 Å². The fraction of sp³-hybridized carbons (Fsp3) is 0.333. The summed E-state index contributed by atoms with van der Waals surface area (Å²) in [5, 5.41) is 3.55. The molecule has 5 nitrogen and oxygen atoms in total. The Morgan fingerprint density at radius 1 is 1.19 bits per heavy atom. The third-order valence-corrected chi connectivity index (χ3v) is 5.58. The SMILES string of the molecule is Cc1cccc(C)c1CNc1cc(C(=O)SN(C)C)cc2c1nc(C)n2C. The molecule has 0 fully saturated rings. The molecule has 27 heavy (non-hydrogen) atoms. The molecule has 1 aromatic heterocycles. The fourth-order valence-corrected chi connectivity index (χ4v) is 3.74. The van der Waals surface area contributed by atoms with Crippen LogP contribution in [0.2, 0.25) is 0 Å². The van der Waals surface area contributed by atoms with Gasteiger partial charge in [0.1, 0.15) is 11.3 Å². The number of imidazole rings is 1. The van der Waals surface area contributed by atoms with Gasteiger partial charge in [-0.15, -0.1) is 0 Å². The van der Waals surface area contributed by atoms with E-state index in [9.17, 15) is 4.79 Å². The smallest absolute Gasteiger partial charge is 0.234 e. The molecule has 0 atom stereocenters. The second-order valence-electron chi connectivity index (χ2n) is 7.02. The van der Waals surface area contributed by atoms with Crippen molar-refractivity contribution in [3.05, 3.63) is 58.4 Å². The summed E-state index contributed by atoms with van der Waals surface area (Å²) in [5.41, 5.74) is 7.21. The van der Waals surface area contributed by atoms with Crippen molar-refractivity contribution in [2.45, 2.75) is 27.3 Å². The molecule has 3 rings (SSSR count). The lowest BCUT2D eigenvalue weighted by molar-refractivity contribution is 0.108.